The van der Waals surface area contributed by atoms with Gasteiger partial charge in [0.2, 0.25) is 11.8 Å². The third-order valence-corrected chi connectivity index (χ3v) is 9.01. The molecule has 3 rings (SSSR count). The van der Waals surface area contributed by atoms with Crippen LogP contribution in [0.15, 0.2) is 24.3 Å². The second-order valence-electron chi connectivity index (χ2n) is 14.0. The van der Waals surface area contributed by atoms with E-state index < -0.39 is 28.4 Å². The average Bonchev–Trinajstić information content (AvgIpc) is 3.10. The van der Waals surface area contributed by atoms with Gasteiger partial charge in [0.1, 0.15) is 18.2 Å². The van der Waals surface area contributed by atoms with E-state index in [1.165, 1.54) is 6.92 Å². The fourth-order valence-corrected chi connectivity index (χ4v) is 5.98. The number of unbranched alkanes of at least 4 members (excludes halogenated alkanes) is 1. The van der Waals surface area contributed by atoms with Crippen molar-refractivity contribution in [2.75, 3.05) is 0 Å². The van der Waals surface area contributed by atoms with E-state index in [9.17, 15) is 14.4 Å². The highest BCUT2D eigenvalue weighted by atomic mass is 35.5. The van der Waals surface area contributed by atoms with E-state index in [0.717, 1.165) is 12.0 Å². The second kappa shape index (κ2) is 14.2. The zero-order chi connectivity index (χ0) is 32.1. The van der Waals surface area contributed by atoms with E-state index in [4.69, 9.17) is 30.4 Å². The van der Waals surface area contributed by atoms with E-state index in [-0.39, 0.29) is 37.6 Å². The van der Waals surface area contributed by atoms with Gasteiger partial charge in [-0.05, 0) is 111 Å². The number of benzene rings is 1. The monoisotopic (exact) mass is 620 g/mol. The van der Waals surface area contributed by atoms with E-state index in [1.807, 2.05) is 48.5 Å². The Bertz CT molecular complexity index is 1100. The highest BCUT2D eigenvalue weighted by Crippen LogP contribution is 2.40. The highest BCUT2D eigenvalue weighted by Gasteiger charge is 2.51. The molecule has 1 aromatic rings. The van der Waals surface area contributed by atoms with Crippen LogP contribution < -0.4 is 10.6 Å². The van der Waals surface area contributed by atoms with Crippen LogP contribution in [0.1, 0.15) is 106 Å². The van der Waals surface area contributed by atoms with Crippen LogP contribution in [0, 0.1) is 5.92 Å². The normalized spacial score (nSPS) is 22.8. The Morgan fingerprint density at radius 1 is 0.953 bits per heavy atom. The molecule has 0 bridgehead atoms. The van der Waals surface area contributed by atoms with Crippen molar-refractivity contribution in [2.24, 2.45) is 5.92 Å². The Morgan fingerprint density at radius 3 is 2.07 bits per heavy atom. The summed E-state index contributed by atoms with van der Waals surface area (Å²) in [5, 5.41) is 6.82. The van der Waals surface area contributed by atoms with Crippen LogP contribution in [0.25, 0.3) is 0 Å². The smallest absolute Gasteiger partial charge is 0.431 e. The molecule has 1 atom stereocenters. The van der Waals surface area contributed by atoms with Crippen molar-refractivity contribution in [2.45, 2.75) is 142 Å². The molecule has 2 amide bonds. The third-order valence-electron chi connectivity index (χ3n) is 8.76. The molecule has 1 aromatic carbocycles. The quantitative estimate of drug-likeness (QED) is 0.163. The number of amides is 2. The Kier molecular flexibility index (Phi) is 11.6. The minimum atomic E-state index is -1.09. The summed E-state index contributed by atoms with van der Waals surface area (Å²) in [6.07, 6.45) is 3.98. The van der Waals surface area contributed by atoms with Crippen LogP contribution in [-0.2, 0) is 35.0 Å². The van der Waals surface area contributed by atoms with Gasteiger partial charge in [-0.15, -0.1) is 0 Å². The van der Waals surface area contributed by atoms with Crippen molar-refractivity contribution >= 4 is 36.7 Å². The molecular formula is C32H50BClN2O7. The van der Waals surface area contributed by atoms with Crippen LogP contribution >= 0.6 is 11.6 Å². The first-order valence-electron chi connectivity index (χ1n) is 15.5. The molecule has 1 aliphatic carbocycles. The number of nitrogens with one attached hydrogen (secondary N) is 2. The molecule has 0 spiro atoms. The maximum Gasteiger partial charge on any atom is 0.508 e. The molecule has 1 saturated carbocycles. The molecule has 1 heterocycles. The summed E-state index contributed by atoms with van der Waals surface area (Å²) in [6, 6.07) is 7.06. The predicted octanol–water partition coefficient (Wildman–Crippen LogP) is 6.60. The van der Waals surface area contributed by atoms with Crippen LogP contribution in [-0.4, -0.2) is 53.5 Å². The maximum absolute atomic E-state index is 13.9. The van der Waals surface area contributed by atoms with Gasteiger partial charge in [-0.25, -0.2) is 4.79 Å². The minimum absolute atomic E-state index is 0.0931. The second-order valence-corrected chi connectivity index (χ2v) is 14.5. The van der Waals surface area contributed by atoms with Crippen molar-refractivity contribution in [3.8, 4) is 0 Å². The number of carbonyl (C=O) groups is 3. The van der Waals surface area contributed by atoms with E-state index in [1.54, 1.807) is 24.3 Å². The van der Waals surface area contributed by atoms with Crippen LogP contribution in [0.4, 0.5) is 4.79 Å². The average molecular weight is 621 g/mol. The summed E-state index contributed by atoms with van der Waals surface area (Å²) in [5.41, 5.74) is -1.54. The first kappa shape index (κ1) is 35.2. The van der Waals surface area contributed by atoms with Gasteiger partial charge in [0.05, 0.1) is 11.2 Å². The highest BCUT2D eigenvalue weighted by molar-refractivity contribution is 6.45. The number of hydrogen-bond donors (Lipinski definition) is 2. The lowest BCUT2D eigenvalue weighted by Gasteiger charge is -2.44. The van der Waals surface area contributed by atoms with Gasteiger partial charge < -0.3 is 29.4 Å². The Balaban J connectivity index is 1.63. The number of rotatable bonds is 11. The first-order chi connectivity index (χ1) is 19.9. The number of carbonyl (C=O) groups excluding carboxylic acids is 3. The molecular weight excluding hydrogens is 571 g/mol. The Morgan fingerprint density at radius 2 is 1.53 bits per heavy atom. The first-order valence-corrected chi connectivity index (χ1v) is 15.8. The summed E-state index contributed by atoms with van der Waals surface area (Å²) < 4.78 is 23.2. The summed E-state index contributed by atoms with van der Waals surface area (Å²) in [5.74, 6) is -0.558. The van der Waals surface area contributed by atoms with Crippen LogP contribution in [0.3, 0.4) is 0 Å². The Hall–Kier alpha value is -2.30. The van der Waals surface area contributed by atoms with Gasteiger partial charge in [0.25, 0.3) is 0 Å². The molecule has 2 fully saturated rings. The van der Waals surface area contributed by atoms with Gasteiger partial charge in [0, 0.05) is 17.5 Å². The summed E-state index contributed by atoms with van der Waals surface area (Å²) >= 11 is 5.92. The lowest BCUT2D eigenvalue weighted by Crippen LogP contribution is -2.65. The van der Waals surface area contributed by atoms with Gasteiger partial charge in [-0.3, -0.25) is 9.59 Å². The number of hydrogen-bond acceptors (Lipinski definition) is 7. The standard InChI is InChI=1S/C32H50BClN2O7/c1-22(37)35-32(27(38)36-29(2,3)4,19-9-10-20-33-42-30(5,6)31(7,8)43-33)24-13-17-26(18-14-24)41-28(39)40-21-23-11-15-25(34)16-12-23/h11-12,15-16,24,26H,9-10,13-14,17-21H2,1-8H3,(H,35,37)(H,36,38). The summed E-state index contributed by atoms with van der Waals surface area (Å²) in [6.45, 7) is 15.5. The van der Waals surface area contributed by atoms with E-state index in [0.29, 0.717) is 49.9 Å². The van der Waals surface area contributed by atoms with Crippen molar-refractivity contribution in [1.82, 2.24) is 10.6 Å². The molecule has 1 unspecified atom stereocenters. The Labute approximate surface area is 262 Å². The third kappa shape index (κ3) is 9.85. The van der Waals surface area contributed by atoms with Gasteiger partial charge >= 0.3 is 13.3 Å². The fraction of sp³-hybridized carbons (Fsp3) is 0.719. The molecule has 240 valence electrons. The minimum Gasteiger partial charge on any atom is -0.431 e. The largest absolute Gasteiger partial charge is 0.508 e. The molecule has 9 nitrogen and oxygen atoms in total. The van der Waals surface area contributed by atoms with Crippen molar-refractivity contribution in [3.05, 3.63) is 34.9 Å². The van der Waals surface area contributed by atoms with Crippen molar-refractivity contribution in [1.29, 1.82) is 0 Å². The molecule has 1 saturated heterocycles. The van der Waals surface area contributed by atoms with Crippen LogP contribution in [0.5, 0.6) is 0 Å². The molecule has 11 heteroatoms. The lowest BCUT2D eigenvalue weighted by atomic mass is 9.70. The van der Waals surface area contributed by atoms with E-state index in [2.05, 4.69) is 10.6 Å². The van der Waals surface area contributed by atoms with Gasteiger partial charge in [-0.1, -0.05) is 36.6 Å². The van der Waals surface area contributed by atoms with Crippen molar-refractivity contribution < 1.29 is 33.2 Å². The molecule has 2 N–H and O–H groups in total. The summed E-state index contributed by atoms with van der Waals surface area (Å²) in [7, 11) is -0.310. The molecule has 1 aliphatic heterocycles. The molecule has 0 aromatic heterocycles. The molecule has 0 radical (unpaired) electrons. The van der Waals surface area contributed by atoms with Crippen LogP contribution in [0.2, 0.25) is 11.3 Å². The van der Waals surface area contributed by atoms with E-state index >= 15 is 0 Å². The van der Waals surface area contributed by atoms with Crippen molar-refractivity contribution in [3.63, 3.8) is 0 Å². The topological polar surface area (TPSA) is 112 Å². The molecule has 2 aliphatic rings. The molecule has 43 heavy (non-hydrogen) atoms. The fourth-order valence-electron chi connectivity index (χ4n) is 5.85. The van der Waals surface area contributed by atoms with Gasteiger partial charge in [-0.2, -0.15) is 0 Å². The maximum atomic E-state index is 13.9. The predicted molar refractivity (Wildman–Crippen MR) is 168 cm³/mol. The summed E-state index contributed by atoms with van der Waals surface area (Å²) in [4.78, 5) is 38.9. The zero-order valence-electron chi connectivity index (χ0n) is 27.1. The lowest BCUT2D eigenvalue weighted by molar-refractivity contribution is -0.138. The van der Waals surface area contributed by atoms with Gasteiger partial charge in [0.15, 0.2) is 0 Å². The number of ether oxygens (including phenoxy) is 2. The number of halogens is 1. The SMILES string of the molecule is CC(=O)NC(CCCCB1OC(C)(C)C(C)(C)O1)(C(=O)NC(C)(C)C)C1CCC(OC(=O)OCc2ccc(Cl)cc2)CC1. The zero-order valence-corrected chi connectivity index (χ0v) is 27.9.